The third-order valence-electron chi connectivity index (χ3n) is 1.69. The summed E-state index contributed by atoms with van der Waals surface area (Å²) in [6, 6.07) is 5.97. The van der Waals surface area contributed by atoms with E-state index in [4.69, 9.17) is 4.74 Å². The summed E-state index contributed by atoms with van der Waals surface area (Å²) in [5.74, 6) is -0.452. The largest absolute Gasteiger partial charge is 0.367 e. The topological polar surface area (TPSA) is 38.3 Å². The second kappa shape index (κ2) is 5.34. The fourth-order valence-corrected chi connectivity index (χ4v) is 0.914. The standard InChI is InChI=1S/C10H12FNO2/c1-12-10(13)7-14-6-8-2-4-9(11)5-3-8/h2-5H,6-7H2,1H3,(H,12,13). The van der Waals surface area contributed by atoms with Gasteiger partial charge in [0.15, 0.2) is 0 Å². The van der Waals surface area contributed by atoms with E-state index in [0.29, 0.717) is 6.61 Å². The van der Waals surface area contributed by atoms with E-state index in [2.05, 4.69) is 5.32 Å². The van der Waals surface area contributed by atoms with E-state index < -0.39 is 0 Å². The zero-order valence-corrected chi connectivity index (χ0v) is 7.92. The first-order chi connectivity index (χ1) is 6.72. The van der Waals surface area contributed by atoms with Crippen LogP contribution in [-0.2, 0) is 16.1 Å². The van der Waals surface area contributed by atoms with Crippen LogP contribution in [0, 0.1) is 5.82 Å². The Hall–Kier alpha value is -1.42. The van der Waals surface area contributed by atoms with E-state index in [0.717, 1.165) is 5.56 Å². The normalized spacial score (nSPS) is 9.86. The minimum Gasteiger partial charge on any atom is -0.367 e. The van der Waals surface area contributed by atoms with Gasteiger partial charge >= 0.3 is 0 Å². The molecule has 0 aliphatic carbocycles. The van der Waals surface area contributed by atoms with Crippen LogP contribution in [0.3, 0.4) is 0 Å². The molecule has 0 heterocycles. The number of benzene rings is 1. The molecular weight excluding hydrogens is 185 g/mol. The molecule has 0 spiro atoms. The second-order valence-electron chi connectivity index (χ2n) is 2.79. The molecule has 1 N–H and O–H groups in total. The van der Waals surface area contributed by atoms with Crippen molar-refractivity contribution in [3.63, 3.8) is 0 Å². The molecular formula is C10H12FNO2. The molecule has 0 saturated heterocycles. The van der Waals surface area contributed by atoms with E-state index in [1.807, 2.05) is 0 Å². The third kappa shape index (κ3) is 3.53. The Morgan fingerprint density at radius 2 is 2.07 bits per heavy atom. The van der Waals surface area contributed by atoms with E-state index in [9.17, 15) is 9.18 Å². The van der Waals surface area contributed by atoms with Gasteiger partial charge in [0.25, 0.3) is 0 Å². The molecule has 3 nitrogen and oxygen atoms in total. The lowest BCUT2D eigenvalue weighted by Crippen LogP contribution is -2.23. The van der Waals surface area contributed by atoms with Gasteiger partial charge in [-0.15, -0.1) is 0 Å². The lowest BCUT2D eigenvalue weighted by Gasteiger charge is -2.02. The second-order valence-corrected chi connectivity index (χ2v) is 2.79. The fourth-order valence-electron chi connectivity index (χ4n) is 0.914. The lowest BCUT2D eigenvalue weighted by molar-refractivity contribution is -0.125. The Morgan fingerprint density at radius 3 is 2.64 bits per heavy atom. The van der Waals surface area contributed by atoms with Gasteiger partial charge in [0, 0.05) is 7.05 Å². The molecule has 1 amide bonds. The average Bonchev–Trinajstić information content (AvgIpc) is 2.21. The van der Waals surface area contributed by atoms with Crippen LogP contribution in [0.5, 0.6) is 0 Å². The first-order valence-electron chi connectivity index (χ1n) is 4.25. The summed E-state index contributed by atoms with van der Waals surface area (Å²) in [6.45, 7) is 0.335. The monoisotopic (exact) mass is 197 g/mol. The molecule has 0 aromatic heterocycles. The van der Waals surface area contributed by atoms with E-state index in [1.165, 1.54) is 12.1 Å². The third-order valence-corrected chi connectivity index (χ3v) is 1.69. The number of carbonyl (C=O) groups is 1. The maximum Gasteiger partial charge on any atom is 0.245 e. The van der Waals surface area contributed by atoms with Crippen molar-refractivity contribution in [2.24, 2.45) is 0 Å². The van der Waals surface area contributed by atoms with Crippen molar-refractivity contribution in [2.45, 2.75) is 6.61 Å². The Kier molecular flexibility index (Phi) is 4.07. The lowest BCUT2D eigenvalue weighted by atomic mass is 10.2. The van der Waals surface area contributed by atoms with Crippen molar-refractivity contribution >= 4 is 5.91 Å². The van der Waals surface area contributed by atoms with Gasteiger partial charge in [-0.25, -0.2) is 4.39 Å². The summed E-state index contributed by atoms with van der Waals surface area (Å²) in [6.07, 6.45) is 0. The highest BCUT2D eigenvalue weighted by Gasteiger charge is 1.98. The Balaban J connectivity index is 2.31. The number of amides is 1. The summed E-state index contributed by atoms with van der Waals surface area (Å²) in [4.78, 5) is 10.8. The number of nitrogens with one attached hydrogen (secondary N) is 1. The summed E-state index contributed by atoms with van der Waals surface area (Å²) < 4.78 is 17.6. The SMILES string of the molecule is CNC(=O)COCc1ccc(F)cc1. The first-order valence-corrected chi connectivity index (χ1v) is 4.25. The summed E-state index contributed by atoms with van der Waals surface area (Å²) >= 11 is 0. The van der Waals surface area contributed by atoms with Crippen molar-refractivity contribution in [3.8, 4) is 0 Å². The highest BCUT2D eigenvalue weighted by atomic mass is 19.1. The van der Waals surface area contributed by atoms with E-state index >= 15 is 0 Å². The average molecular weight is 197 g/mol. The molecule has 1 aromatic rings. The first kappa shape index (κ1) is 10.7. The molecule has 4 heteroatoms. The number of ether oxygens (including phenoxy) is 1. The van der Waals surface area contributed by atoms with Crippen LogP contribution in [-0.4, -0.2) is 19.6 Å². The van der Waals surface area contributed by atoms with Crippen LogP contribution in [0.2, 0.25) is 0 Å². The van der Waals surface area contributed by atoms with Gasteiger partial charge in [-0.1, -0.05) is 12.1 Å². The van der Waals surface area contributed by atoms with Crippen molar-refractivity contribution < 1.29 is 13.9 Å². The molecule has 0 aliphatic heterocycles. The molecule has 0 fully saturated rings. The number of carbonyl (C=O) groups excluding carboxylic acids is 1. The van der Waals surface area contributed by atoms with E-state index in [1.54, 1.807) is 19.2 Å². The molecule has 14 heavy (non-hydrogen) atoms. The summed E-state index contributed by atoms with van der Waals surface area (Å²) in [5, 5.41) is 2.44. The number of hydrogen-bond acceptors (Lipinski definition) is 2. The van der Waals surface area contributed by atoms with E-state index in [-0.39, 0.29) is 18.3 Å². The number of hydrogen-bond donors (Lipinski definition) is 1. The predicted molar refractivity (Wildman–Crippen MR) is 50.1 cm³/mol. The maximum absolute atomic E-state index is 12.5. The molecule has 1 aromatic carbocycles. The number of likely N-dealkylation sites (N-methyl/N-ethyl adjacent to an activating group) is 1. The van der Waals surface area contributed by atoms with Gasteiger partial charge in [-0.2, -0.15) is 0 Å². The Labute approximate surface area is 81.9 Å². The molecule has 0 unspecified atom stereocenters. The van der Waals surface area contributed by atoms with Crippen LogP contribution < -0.4 is 5.32 Å². The van der Waals surface area contributed by atoms with Crippen LogP contribution in [0.1, 0.15) is 5.56 Å². The number of halogens is 1. The molecule has 0 radical (unpaired) electrons. The van der Waals surface area contributed by atoms with Crippen LogP contribution in [0.4, 0.5) is 4.39 Å². The van der Waals surface area contributed by atoms with Gasteiger partial charge in [0.05, 0.1) is 6.61 Å². The summed E-state index contributed by atoms with van der Waals surface area (Å²) in [7, 11) is 1.55. The van der Waals surface area contributed by atoms with Gasteiger partial charge < -0.3 is 10.1 Å². The fraction of sp³-hybridized carbons (Fsp3) is 0.300. The molecule has 0 atom stereocenters. The van der Waals surface area contributed by atoms with Crippen molar-refractivity contribution in [1.82, 2.24) is 5.32 Å². The zero-order valence-electron chi connectivity index (χ0n) is 7.92. The quantitative estimate of drug-likeness (QED) is 0.784. The van der Waals surface area contributed by atoms with Crippen LogP contribution in [0.25, 0.3) is 0 Å². The minimum absolute atomic E-state index is 0.0217. The van der Waals surface area contributed by atoms with Gasteiger partial charge in [-0.3, -0.25) is 4.79 Å². The minimum atomic E-state index is -0.278. The van der Waals surface area contributed by atoms with Gasteiger partial charge in [0.1, 0.15) is 12.4 Å². The highest BCUT2D eigenvalue weighted by Crippen LogP contribution is 2.03. The highest BCUT2D eigenvalue weighted by molar-refractivity contribution is 5.76. The van der Waals surface area contributed by atoms with Crippen molar-refractivity contribution in [2.75, 3.05) is 13.7 Å². The zero-order chi connectivity index (χ0) is 10.4. The maximum atomic E-state index is 12.5. The predicted octanol–water partition coefficient (Wildman–Crippen LogP) is 1.09. The molecule has 0 aliphatic rings. The molecule has 0 bridgehead atoms. The van der Waals surface area contributed by atoms with Gasteiger partial charge in [-0.05, 0) is 17.7 Å². The summed E-state index contributed by atoms with van der Waals surface area (Å²) in [5.41, 5.74) is 0.843. The van der Waals surface area contributed by atoms with Crippen molar-refractivity contribution in [1.29, 1.82) is 0 Å². The van der Waals surface area contributed by atoms with Gasteiger partial charge in [0.2, 0.25) is 5.91 Å². The molecule has 0 saturated carbocycles. The van der Waals surface area contributed by atoms with Crippen LogP contribution >= 0.6 is 0 Å². The molecule has 76 valence electrons. The van der Waals surface area contributed by atoms with Crippen LogP contribution in [0.15, 0.2) is 24.3 Å². The Morgan fingerprint density at radius 1 is 1.43 bits per heavy atom. The number of rotatable bonds is 4. The smallest absolute Gasteiger partial charge is 0.245 e. The van der Waals surface area contributed by atoms with Crippen molar-refractivity contribution in [3.05, 3.63) is 35.6 Å². The Bertz CT molecular complexity index is 297. The molecule has 1 rings (SSSR count).